The van der Waals surface area contributed by atoms with Gasteiger partial charge in [0.15, 0.2) is 24.2 Å². The number of rotatable bonds is 5. The van der Waals surface area contributed by atoms with E-state index in [0.717, 1.165) is 4.57 Å². The number of imidazole rings is 1. The van der Waals surface area contributed by atoms with Crippen molar-refractivity contribution >= 4 is 35.4 Å². The number of halogens is 3. The second kappa shape index (κ2) is 7.00. The SMILES string of the molecule is Cn1c(Br)nc2c1c(=O)[nH]c(=O)n2CC(O[Si](C)(C)C(C)(C)C)C(F)F. The molecule has 7 nitrogen and oxygen atoms in total. The van der Waals surface area contributed by atoms with Gasteiger partial charge in [-0.05, 0) is 34.1 Å². The standard InChI is InChI=1S/C15H23BrF2N4O3Si/c1-15(2,3)26(5,6)25-8(10(17)18)7-22-11-9(12(23)20-14(22)24)21(4)13(16)19-11/h8,10H,7H2,1-6H3,(H,20,23,24). The molecule has 0 fully saturated rings. The summed E-state index contributed by atoms with van der Waals surface area (Å²) in [5.74, 6) is 0. The van der Waals surface area contributed by atoms with Crippen molar-refractivity contribution in [1.29, 1.82) is 0 Å². The highest BCUT2D eigenvalue weighted by Gasteiger charge is 2.41. The maximum atomic E-state index is 13.7. The summed E-state index contributed by atoms with van der Waals surface area (Å²) in [5, 5.41) is -0.264. The molecule has 146 valence electrons. The second-order valence-corrected chi connectivity index (χ2v) is 13.2. The molecule has 2 aromatic rings. The summed E-state index contributed by atoms with van der Waals surface area (Å²) >= 11 is 3.18. The molecule has 0 aromatic carbocycles. The molecule has 2 aromatic heterocycles. The Morgan fingerprint density at radius 3 is 2.38 bits per heavy atom. The molecule has 0 amide bonds. The third kappa shape index (κ3) is 3.84. The average Bonchev–Trinajstić information content (AvgIpc) is 2.76. The van der Waals surface area contributed by atoms with Gasteiger partial charge in [0, 0.05) is 7.05 Å². The van der Waals surface area contributed by atoms with Gasteiger partial charge in [0.25, 0.3) is 12.0 Å². The van der Waals surface area contributed by atoms with Crippen LogP contribution in [0.25, 0.3) is 11.2 Å². The Morgan fingerprint density at radius 1 is 1.31 bits per heavy atom. The van der Waals surface area contributed by atoms with Crippen LogP contribution in [0.1, 0.15) is 20.8 Å². The van der Waals surface area contributed by atoms with Gasteiger partial charge in [-0.25, -0.2) is 18.6 Å². The molecule has 0 saturated heterocycles. The number of alkyl halides is 2. The van der Waals surface area contributed by atoms with E-state index < -0.39 is 38.6 Å². The van der Waals surface area contributed by atoms with Gasteiger partial charge < -0.3 is 8.99 Å². The van der Waals surface area contributed by atoms with E-state index in [1.54, 1.807) is 7.05 Å². The summed E-state index contributed by atoms with van der Waals surface area (Å²) in [7, 11) is -0.905. The average molecular weight is 453 g/mol. The zero-order valence-corrected chi connectivity index (χ0v) is 18.1. The third-order valence-electron chi connectivity index (χ3n) is 4.85. The molecule has 0 radical (unpaired) electrons. The largest absolute Gasteiger partial charge is 0.406 e. The summed E-state index contributed by atoms with van der Waals surface area (Å²) in [6.45, 7) is 9.17. The zero-order valence-electron chi connectivity index (χ0n) is 15.6. The van der Waals surface area contributed by atoms with Crippen LogP contribution in [0.5, 0.6) is 0 Å². The molecule has 2 rings (SSSR count). The van der Waals surface area contributed by atoms with E-state index in [-0.39, 0.29) is 16.2 Å². The van der Waals surface area contributed by atoms with E-state index in [2.05, 4.69) is 25.9 Å². The van der Waals surface area contributed by atoms with Crippen molar-refractivity contribution in [1.82, 2.24) is 19.1 Å². The lowest BCUT2D eigenvalue weighted by Crippen LogP contribution is -2.48. The fourth-order valence-corrected chi connectivity index (χ4v) is 3.93. The van der Waals surface area contributed by atoms with Crippen LogP contribution >= 0.6 is 15.9 Å². The summed E-state index contributed by atoms with van der Waals surface area (Å²) in [6.07, 6.45) is -4.27. The Bertz CT molecular complexity index is 930. The zero-order chi connectivity index (χ0) is 20.0. The van der Waals surface area contributed by atoms with Gasteiger partial charge in [-0.3, -0.25) is 14.3 Å². The van der Waals surface area contributed by atoms with Crippen molar-refractivity contribution in [2.45, 2.75) is 58.0 Å². The van der Waals surface area contributed by atoms with Crippen LogP contribution in [0.4, 0.5) is 8.78 Å². The summed E-state index contributed by atoms with van der Waals surface area (Å²) < 4.78 is 36.0. The molecular weight excluding hydrogens is 430 g/mol. The first-order valence-electron chi connectivity index (χ1n) is 8.07. The van der Waals surface area contributed by atoms with Crippen LogP contribution < -0.4 is 11.2 Å². The Kier molecular flexibility index (Phi) is 5.65. The highest BCUT2D eigenvalue weighted by molar-refractivity contribution is 9.10. The molecule has 26 heavy (non-hydrogen) atoms. The molecule has 0 spiro atoms. The molecule has 1 N–H and O–H groups in total. The van der Waals surface area contributed by atoms with Crippen molar-refractivity contribution in [3.63, 3.8) is 0 Å². The van der Waals surface area contributed by atoms with Crippen LogP contribution in [-0.4, -0.2) is 39.9 Å². The minimum Gasteiger partial charge on any atom is -0.406 e. The predicted octanol–water partition coefficient (Wildman–Crippen LogP) is 2.84. The number of aromatic amines is 1. The third-order valence-corrected chi connectivity index (χ3v) is 10.1. The molecule has 1 unspecified atom stereocenters. The van der Waals surface area contributed by atoms with Gasteiger partial charge in [-0.15, -0.1) is 0 Å². The topological polar surface area (TPSA) is 81.9 Å². The minimum absolute atomic E-state index is 0.0395. The Labute approximate surface area is 158 Å². The van der Waals surface area contributed by atoms with Crippen molar-refractivity contribution in [3.05, 3.63) is 25.6 Å². The van der Waals surface area contributed by atoms with Crippen LogP contribution in [-0.2, 0) is 18.0 Å². The fraction of sp³-hybridized carbons (Fsp3) is 0.667. The summed E-state index contributed by atoms with van der Waals surface area (Å²) in [6, 6.07) is 0. The first kappa shape index (κ1) is 21.0. The van der Waals surface area contributed by atoms with E-state index in [1.807, 2.05) is 33.9 Å². The van der Waals surface area contributed by atoms with E-state index >= 15 is 0 Å². The van der Waals surface area contributed by atoms with E-state index in [1.165, 1.54) is 4.57 Å². The lowest BCUT2D eigenvalue weighted by atomic mass is 10.2. The van der Waals surface area contributed by atoms with Gasteiger partial charge in [0.2, 0.25) is 0 Å². The number of fused-ring (bicyclic) bond motifs is 1. The van der Waals surface area contributed by atoms with Crippen molar-refractivity contribution in [3.8, 4) is 0 Å². The quantitative estimate of drug-likeness (QED) is 0.558. The molecule has 0 aliphatic heterocycles. The van der Waals surface area contributed by atoms with Crippen LogP contribution in [0.3, 0.4) is 0 Å². The molecule has 11 heteroatoms. The molecule has 0 aliphatic carbocycles. The normalized spacial score (nSPS) is 14.4. The lowest BCUT2D eigenvalue weighted by molar-refractivity contribution is -0.00569. The van der Waals surface area contributed by atoms with E-state index in [4.69, 9.17) is 4.43 Å². The molecule has 1 atom stereocenters. The van der Waals surface area contributed by atoms with Crippen LogP contribution in [0.15, 0.2) is 14.3 Å². The van der Waals surface area contributed by atoms with E-state index in [9.17, 15) is 18.4 Å². The predicted molar refractivity (Wildman–Crippen MR) is 101 cm³/mol. The Balaban J connectivity index is 2.53. The maximum Gasteiger partial charge on any atom is 0.330 e. The lowest BCUT2D eigenvalue weighted by Gasteiger charge is -2.39. The van der Waals surface area contributed by atoms with Crippen LogP contribution in [0, 0.1) is 0 Å². The number of H-pyrrole nitrogens is 1. The second-order valence-electron chi connectivity index (χ2n) is 7.73. The molecule has 0 bridgehead atoms. The van der Waals surface area contributed by atoms with Crippen molar-refractivity contribution < 1.29 is 13.2 Å². The molecule has 0 saturated carbocycles. The minimum atomic E-state index is -2.79. The molecular formula is C15H23BrF2N4O3Si. The van der Waals surface area contributed by atoms with Gasteiger partial charge in [0.1, 0.15) is 6.10 Å². The maximum absolute atomic E-state index is 13.7. The molecule has 0 aliphatic rings. The number of nitrogens with zero attached hydrogens (tertiary/aromatic N) is 3. The smallest absolute Gasteiger partial charge is 0.330 e. The highest BCUT2D eigenvalue weighted by Crippen LogP contribution is 2.38. The fourth-order valence-electron chi connectivity index (χ4n) is 2.29. The van der Waals surface area contributed by atoms with Gasteiger partial charge >= 0.3 is 5.69 Å². The highest BCUT2D eigenvalue weighted by atomic mass is 79.9. The van der Waals surface area contributed by atoms with Crippen LogP contribution in [0.2, 0.25) is 18.1 Å². The van der Waals surface area contributed by atoms with Crippen molar-refractivity contribution in [2.75, 3.05) is 0 Å². The monoisotopic (exact) mass is 452 g/mol. The van der Waals surface area contributed by atoms with Crippen molar-refractivity contribution in [2.24, 2.45) is 7.05 Å². The Morgan fingerprint density at radius 2 is 1.88 bits per heavy atom. The number of hydrogen-bond acceptors (Lipinski definition) is 4. The number of aromatic nitrogens is 4. The Hall–Kier alpha value is -1.33. The van der Waals surface area contributed by atoms with Gasteiger partial charge in [0.05, 0.1) is 6.54 Å². The number of hydrogen-bond donors (Lipinski definition) is 1. The molecule has 2 heterocycles. The number of aryl methyl sites for hydroxylation is 1. The van der Waals surface area contributed by atoms with Gasteiger partial charge in [-0.1, -0.05) is 20.8 Å². The number of nitrogens with one attached hydrogen (secondary N) is 1. The van der Waals surface area contributed by atoms with Gasteiger partial charge in [-0.2, -0.15) is 0 Å². The summed E-state index contributed by atoms with van der Waals surface area (Å²) in [4.78, 5) is 30.6. The summed E-state index contributed by atoms with van der Waals surface area (Å²) in [5.41, 5.74) is -1.26. The van der Waals surface area contributed by atoms with E-state index in [0.29, 0.717) is 4.73 Å². The first-order valence-corrected chi connectivity index (χ1v) is 11.8. The first-order chi connectivity index (χ1) is 11.8.